The van der Waals surface area contributed by atoms with E-state index >= 15 is 0 Å². The molecule has 88 valence electrons. The van der Waals surface area contributed by atoms with Crippen molar-refractivity contribution < 1.29 is 25.3 Å². The molecule has 0 heterocycles. The van der Waals surface area contributed by atoms with Gasteiger partial charge in [0.05, 0.1) is 0 Å². The molecule has 0 aromatic heterocycles. The molecule has 6 nitrogen and oxygen atoms in total. The third kappa shape index (κ3) is 7.48. The second-order valence-electron chi connectivity index (χ2n) is 2.39. The first-order valence-electron chi connectivity index (χ1n) is 5.72. The van der Waals surface area contributed by atoms with Gasteiger partial charge in [-0.15, -0.1) is 0 Å². The van der Waals surface area contributed by atoms with E-state index in [1.165, 1.54) is 0 Å². The van der Waals surface area contributed by atoms with Gasteiger partial charge in [0.15, 0.2) is 0 Å². The second-order valence-corrected chi connectivity index (χ2v) is 4.25. The summed E-state index contributed by atoms with van der Waals surface area (Å²) in [4.78, 5) is 21.1. The summed E-state index contributed by atoms with van der Waals surface area (Å²) in [5.41, 5.74) is 5.76. The highest BCUT2D eigenvalue weighted by Crippen LogP contribution is 2.22. The van der Waals surface area contributed by atoms with Crippen LogP contribution in [0.2, 0.25) is 0 Å². The Kier molecular flexibility index (Phi) is 4.52. The summed E-state index contributed by atoms with van der Waals surface area (Å²) >= 11 is 0. The average molecular weight is 258 g/mol. The van der Waals surface area contributed by atoms with Gasteiger partial charge in [0, 0.05) is 16.9 Å². The fourth-order valence-corrected chi connectivity index (χ4v) is 1.76. The Morgan fingerprint density at radius 3 is 2.20 bits per heavy atom. The maximum absolute atomic E-state index is 10.6. The van der Waals surface area contributed by atoms with Crippen molar-refractivity contribution in [3.8, 4) is 0 Å². The van der Waals surface area contributed by atoms with E-state index in [-0.39, 0.29) is 0 Å². The first-order valence-corrected chi connectivity index (χ1v) is 5.87. The van der Waals surface area contributed by atoms with E-state index < -0.39 is 41.9 Å². The summed E-state index contributed by atoms with van der Waals surface area (Å²) in [5.74, 6) is -2.93. The summed E-state index contributed by atoms with van der Waals surface area (Å²) in [6.45, 7) is 0. The second kappa shape index (κ2) is 7.80. The highest BCUT2D eigenvalue weighted by Gasteiger charge is 2.13. The lowest BCUT2D eigenvalue weighted by Gasteiger charge is -2.06. The SMILES string of the molecule is [2H]C([2H])(CC(N)C(=O)O)SSC([2H])([2H])C(N)C(=O)O. The van der Waals surface area contributed by atoms with Crippen molar-refractivity contribution in [1.82, 2.24) is 0 Å². The summed E-state index contributed by atoms with van der Waals surface area (Å²) in [7, 11) is 0.662. The molecular formula is C7H14N2O4S2. The lowest BCUT2D eigenvalue weighted by atomic mass is 10.2. The smallest absolute Gasteiger partial charge is 0.321 e. The van der Waals surface area contributed by atoms with E-state index in [1.54, 1.807) is 0 Å². The normalized spacial score (nSPS) is 20.4. The van der Waals surface area contributed by atoms with Crippen LogP contribution in [0.25, 0.3) is 0 Å². The van der Waals surface area contributed by atoms with Crippen LogP contribution in [-0.4, -0.2) is 45.6 Å². The maximum Gasteiger partial charge on any atom is 0.321 e. The fourth-order valence-electron chi connectivity index (χ4n) is 0.367. The van der Waals surface area contributed by atoms with E-state index in [2.05, 4.69) is 0 Å². The van der Waals surface area contributed by atoms with Gasteiger partial charge < -0.3 is 21.7 Å². The minimum absolute atomic E-state index is 0.296. The highest BCUT2D eigenvalue weighted by atomic mass is 33.1. The van der Waals surface area contributed by atoms with Gasteiger partial charge >= 0.3 is 11.9 Å². The van der Waals surface area contributed by atoms with E-state index in [0.717, 1.165) is 0 Å². The molecule has 0 aromatic carbocycles. The van der Waals surface area contributed by atoms with Gasteiger partial charge in [0.25, 0.3) is 0 Å². The molecular weight excluding hydrogens is 240 g/mol. The molecule has 0 bridgehead atoms. The molecule has 0 saturated heterocycles. The van der Waals surface area contributed by atoms with Crippen molar-refractivity contribution in [3.05, 3.63) is 0 Å². The van der Waals surface area contributed by atoms with Crippen LogP contribution in [0.1, 0.15) is 11.9 Å². The Morgan fingerprint density at radius 1 is 1.20 bits per heavy atom. The quantitative estimate of drug-likeness (QED) is 0.432. The summed E-state index contributed by atoms with van der Waals surface area (Å²) in [6.07, 6.45) is -0.543. The van der Waals surface area contributed by atoms with Crippen LogP contribution in [0, 0.1) is 0 Å². The Balaban J connectivity index is 4.53. The van der Waals surface area contributed by atoms with Gasteiger partial charge in [-0.05, 0) is 6.42 Å². The molecule has 0 amide bonds. The number of hydrogen-bond donors (Lipinski definition) is 4. The molecule has 15 heavy (non-hydrogen) atoms. The van der Waals surface area contributed by atoms with Gasteiger partial charge in [-0.25, -0.2) is 0 Å². The molecule has 0 rings (SSSR count). The molecule has 0 aromatic rings. The van der Waals surface area contributed by atoms with Crippen molar-refractivity contribution in [2.45, 2.75) is 18.5 Å². The third-order valence-electron chi connectivity index (χ3n) is 1.16. The molecule has 0 aliphatic heterocycles. The zero-order valence-electron chi connectivity index (χ0n) is 11.5. The van der Waals surface area contributed by atoms with Crippen LogP contribution in [0.15, 0.2) is 0 Å². The lowest BCUT2D eigenvalue weighted by molar-refractivity contribution is -0.139. The van der Waals surface area contributed by atoms with Gasteiger partial charge in [0.1, 0.15) is 12.1 Å². The molecule has 2 atom stereocenters. The number of carboxylic acid groups (broad SMARTS) is 2. The van der Waals surface area contributed by atoms with Crippen LogP contribution >= 0.6 is 21.6 Å². The average Bonchev–Trinajstić information content (AvgIpc) is 2.24. The molecule has 6 N–H and O–H groups in total. The van der Waals surface area contributed by atoms with E-state index in [9.17, 15) is 9.59 Å². The Bertz CT molecular complexity index is 358. The Hall–Kier alpha value is -0.440. The van der Waals surface area contributed by atoms with Crippen LogP contribution < -0.4 is 11.5 Å². The van der Waals surface area contributed by atoms with Crippen LogP contribution in [-0.2, 0) is 9.59 Å². The van der Waals surface area contributed by atoms with Crippen molar-refractivity contribution in [2.75, 3.05) is 11.4 Å². The zero-order valence-corrected chi connectivity index (χ0v) is 9.18. The Labute approximate surface area is 101 Å². The van der Waals surface area contributed by atoms with Crippen molar-refractivity contribution in [1.29, 1.82) is 0 Å². The van der Waals surface area contributed by atoms with Gasteiger partial charge in [-0.2, -0.15) is 0 Å². The summed E-state index contributed by atoms with van der Waals surface area (Å²) in [5, 5.41) is 17.1. The minimum Gasteiger partial charge on any atom is -0.480 e. The van der Waals surface area contributed by atoms with Crippen molar-refractivity contribution in [3.63, 3.8) is 0 Å². The number of rotatable bonds is 8. The molecule has 0 fully saturated rings. The fraction of sp³-hybridized carbons (Fsp3) is 0.714. The van der Waals surface area contributed by atoms with Gasteiger partial charge in [0.2, 0.25) is 0 Å². The number of nitrogens with two attached hydrogens (primary N) is 2. The minimum atomic E-state index is -2.41. The van der Waals surface area contributed by atoms with Crippen LogP contribution in [0.4, 0.5) is 0 Å². The highest BCUT2D eigenvalue weighted by molar-refractivity contribution is 8.76. The predicted molar refractivity (Wildman–Crippen MR) is 60.8 cm³/mol. The largest absolute Gasteiger partial charge is 0.480 e. The first kappa shape index (κ1) is 8.68. The molecule has 0 radical (unpaired) electrons. The molecule has 0 aliphatic rings. The maximum atomic E-state index is 10.6. The van der Waals surface area contributed by atoms with E-state index in [0.29, 0.717) is 21.6 Å². The standard InChI is InChI=1S/C7H14N2O4S2/c8-4(6(10)11)1-2-14-15-3-5(9)7(12)13/h4-5H,1-3,8-9H2,(H,10,11)(H,12,13)/i2D2,3D2. The van der Waals surface area contributed by atoms with E-state index in [4.69, 9.17) is 27.2 Å². The predicted octanol–water partition coefficient (Wildman–Crippen LogP) is -0.418. The van der Waals surface area contributed by atoms with Crippen molar-refractivity contribution in [2.24, 2.45) is 11.5 Å². The number of aliphatic carboxylic acids is 2. The van der Waals surface area contributed by atoms with Gasteiger partial charge in [-0.1, -0.05) is 21.6 Å². The third-order valence-corrected chi connectivity index (χ3v) is 2.77. The lowest BCUT2D eigenvalue weighted by Crippen LogP contribution is -2.32. The molecule has 2 unspecified atom stereocenters. The Morgan fingerprint density at radius 2 is 1.73 bits per heavy atom. The number of carbonyl (C=O) groups is 2. The zero-order chi connectivity index (χ0) is 15.4. The topological polar surface area (TPSA) is 127 Å². The van der Waals surface area contributed by atoms with Crippen molar-refractivity contribution >= 4 is 33.5 Å². The van der Waals surface area contributed by atoms with E-state index in [1.807, 2.05) is 0 Å². The summed E-state index contributed by atoms with van der Waals surface area (Å²) in [6, 6.07) is -3.25. The molecule has 0 aliphatic carbocycles. The summed E-state index contributed by atoms with van der Waals surface area (Å²) < 4.78 is 29.8. The molecule has 8 heteroatoms. The number of carboxylic acids is 2. The number of hydrogen-bond acceptors (Lipinski definition) is 6. The monoisotopic (exact) mass is 258 g/mol. The molecule has 0 saturated carbocycles. The van der Waals surface area contributed by atoms with Crippen LogP contribution in [0.3, 0.4) is 0 Å². The van der Waals surface area contributed by atoms with Gasteiger partial charge in [-0.3, -0.25) is 9.59 Å². The van der Waals surface area contributed by atoms with Crippen LogP contribution in [0.5, 0.6) is 0 Å². The molecule has 0 spiro atoms. The first-order chi connectivity index (χ1) is 8.39.